The first-order valence-corrected chi connectivity index (χ1v) is 8.38. The molecule has 8 nitrogen and oxygen atoms in total. The molecule has 0 bridgehead atoms. The lowest BCUT2D eigenvalue weighted by Crippen LogP contribution is -2.30. The molecule has 9 heteroatoms. The fourth-order valence-electron chi connectivity index (χ4n) is 2.07. The molecule has 2 aromatic rings. The quantitative estimate of drug-likeness (QED) is 0.852. The highest BCUT2D eigenvalue weighted by molar-refractivity contribution is 7.88. The number of rotatable bonds is 5. The molecule has 0 aliphatic carbocycles. The van der Waals surface area contributed by atoms with Crippen molar-refractivity contribution < 1.29 is 8.42 Å². The molecule has 0 aliphatic heterocycles. The van der Waals surface area contributed by atoms with Crippen molar-refractivity contribution in [2.24, 2.45) is 7.05 Å². The van der Waals surface area contributed by atoms with Crippen LogP contribution < -0.4 is 5.32 Å². The molecule has 0 atom stereocenters. The lowest BCUT2D eigenvalue weighted by molar-refractivity contribution is 0.486. The summed E-state index contributed by atoms with van der Waals surface area (Å²) in [6.07, 6.45) is 1.19. The van der Waals surface area contributed by atoms with Crippen LogP contribution in [-0.4, -0.2) is 58.9 Å². The zero-order valence-corrected chi connectivity index (χ0v) is 13.7. The van der Waals surface area contributed by atoms with Crippen molar-refractivity contribution in [2.45, 2.75) is 13.8 Å². The van der Waals surface area contributed by atoms with E-state index in [4.69, 9.17) is 0 Å². The van der Waals surface area contributed by atoms with Crippen LogP contribution in [0, 0.1) is 13.8 Å². The molecule has 0 saturated carbocycles. The number of hydrogen-bond acceptors (Lipinski definition) is 6. The number of hydrogen-bond donors (Lipinski definition) is 1. The first-order valence-electron chi connectivity index (χ1n) is 6.53. The Hall–Kier alpha value is -1.74. The maximum atomic E-state index is 11.4. The molecule has 21 heavy (non-hydrogen) atoms. The molecular weight excluding hydrogens is 292 g/mol. The van der Waals surface area contributed by atoms with E-state index in [2.05, 4.69) is 20.4 Å². The summed E-state index contributed by atoms with van der Waals surface area (Å²) in [5.41, 5.74) is 1.60. The summed E-state index contributed by atoms with van der Waals surface area (Å²) < 4.78 is 25.7. The lowest BCUT2D eigenvalue weighted by atomic mass is 10.3. The first-order chi connectivity index (χ1) is 9.70. The molecule has 0 aromatic carbocycles. The molecular formula is C12H20N6O2S. The average Bonchev–Trinajstić information content (AvgIpc) is 2.63. The Balaban J connectivity index is 2.23. The van der Waals surface area contributed by atoms with Crippen molar-refractivity contribution in [1.82, 2.24) is 24.1 Å². The number of anilines is 1. The minimum atomic E-state index is -3.17. The van der Waals surface area contributed by atoms with Crippen LogP contribution in [0.4, 0.5) is 5.82 Å². The zero-order chi connectivity index (χ0) is 15.8. The van der Waals surface area contributed by atoms with Gasteiger partial charge in [0.1, 0.15) is 11.6 Å². The van der Waals surface area contributed by atoms with Crippen LogP contribution in [0.3, 0.4) is 0 Å². The normalized spacial score (nSPS) is 12.3. The van der Waals surface area contributed by atoms with Gasteiger partial charge in [-0.05, 0) is 13.8 Å². The Labute approximate surface area is 124 Å². The molecule has 116 valence electrons. The topological polar surface area (TPSA) is 93.0 Å². The minimum Gasteiger partial charge on any atom is -0.368 e. The van der Waals surface area contributed by atoms with Crippen molar-refractivity contribution in [3.63, 3.8) is 0 Å². The number of nitrogens with zero attached hydrogens (tertiary/aromatic N) is 5. The number of aromatic nitrogens is 4. The second-order valence-electron chi connectivity index (χ2n) is 5.04. The third-order valence-corrected chi connectivity index (χ3v) is 4.57. The fourth-order valence-corrected chi connectivity index (χ4v) is 2.50. The smallest absolute Gasteiger partial charge is 0.211 e. The summed E-state index contributed by atoms with van der Waals surface area (Å²) >= 11 is 0. The van der Waals surface area contributed by atoms with Gasteiger partial charge >= 0.3 is 0 Å². The summed E-state index contributed by atoms with van der Waals surface area (Å²) in [4.78, 5) is 8.77. The average molecular weight is 312 g/mol. The third kappa shape index (κ3) is 3.30. The Morgan fingerprint density at radius 1 is 1.29 bits per heavy atom. The Bertz CT molecular complexity index is 768. The van der Waals surface area contributed by atoms with Crippen LogP contribution in [0.25, 0.3) is 11.0 Å². The van der Waals surface area contributed by atoms with Gasteiger partial charge in [-0.15, -0.1) is 0 Å². The number of fused-ring (bicyclic) bond motifs is 1. The van der Waals surface area contributed by atoms with Crippen LogP contribution in [0.5, 0.6) is 0 Å². The molecule has 2 heterocycles. The van der Waals surface area contributed by atoms with Crippen molar-refractivity contribution in [3.05, 3.63) is 11.5 Å². The predicted octanol–water partition coefficient (Wildman–Crippen LogP) is 0.283. The van der Waals surface area contributed by atoms with Gasteiger partial charge in [0, 0.05) is 27.2 Å². The van der Waals surface area contributed by atoms with E-state index >= 15 is 0 Å². The highest BCUT2D eigenvalue weighted by Crippen LogP contribution is 2.23. The second kappa shape index (κ2) is 5.57. The standard InChI is InChI=1S/C12H20N6O2S/c1-8-10-11(13-6-7-17(3)21(5,19)20)14-9(2)15-12(10)18(4)16-8/h6-7H2,1-5H3,(H,13,14,15). The Kier molecular flexibility index (Phi) is 4.15. The van der Waals surface area contributed by atoms with Crippen molar-refractivity contribution in [3.8, 4) is 0 Å². The van der Waals surface area contributed by atoms with Crippen LogP contribution in [0.1, 0.15) is 11.5 Å². The van der Waals surface area contributed by atoms with E-state index in [1.165, 1.54) is 10.6 Å². The van der Waals surface area contributed by atoms with Crippen LogP contribution in [0.15, 0.2) is 0 Å². The van der Waals surface area contributed by atoms with Crippen LogP contribution in [0.2, 0.25) is 0 Å². The van der Waals surface area contributed by atoms with Gasteiger partial charge in [0.05, 0.1) is 17.3 Å². The predicted molar refractivity (Wildman–Crippen MR) is 81.7 cm³/mol. The number of sulfonamides is 1. The molecule has 0 spiro atoms. The van der Waals surface area contributed by atoms with Crippen molar-refractivity contribution in [1.29, 1.82) is 0 Å². The summed E-state index contributed by atoms with van der Waals surface area (Å²) in [5.74, 6) is 1.33. The SMILES string of the molecule is Cc1nc(NCCN(C)S(C)(=O)=O)c2c(C)nn(C)c2n1. The summed E-state index contributed by atoms with van der Waals surface area (Å²) in [6, 6.07) is 0. The van der Waals surface area contributed by atoms with Gasteiger partial charge in [0.2, 0.25) is 10.0 Å². The first kappa shape index (κ1) is 15.6. The minimum absolute atomic E-state index is 0.364. The van der Waals surface area contributed by atoms with Gasteiger partial charge < -0.3 is 5.32 Å². The largest absolute Gasteiger partial charge is 0.368 e. The maximum Gasteiger partial charge on any atom is 0.211 e. The van der Waals surface area contributed by atoms with E-state index in [1.54, 1.807) is 11.7 Å². The summed E-state index contributed by atoms with van der Waals surface area (Å²) in [7, 11) is 0.217. The Morgan fingerprint density at radius 2 is 1.95 bits per heavy atom. The van der Waals surface area contributed by atoms with Gasteiger partial charge in [-0.1, -0.05) is 0 Å². The van der Waals surface area contributed by atoms with Crippen molar-refractivity contribution >= 4 is 26.9 Å². The van der Waals surface area contributed by atoms with Gasteiger partial charge in [0.15, 0.2) is 5.65 Å². The van der Waals surface area contributed by atoms with E-state index in [0.717, 1.165) is 16.7 Å². The highest BCUT2D eigenvalue weighted by Gasteiger charge is 2.14. The molecule has 0 fully saturated rings. The third-order valence-electron chi connectivity index (χ3n) is 3.26. The van der Waals surface area contributed by atoms with E-state index in [-0.39, 0.29) is 0 Å². The van der Waals surface area contributed by atoms with E-state index in [9.17, 15) is 8.42 Å². The van der Waals surface area contributed by atoms with Crippen LogP contribution >= 0.6 is 0 Å². The molecule has 0 amide bonds. The molecule has 0 saturated heterocycles. The molecule has 0 unspecified atom stereocenters. The molecule has 1 N–H and O–H groups in total. The Morgan fingerprint density at radius 3 is 2.57 bits per heavy atom. The summed E-state index contributed by atoms with van der Waals surface area (Å²) in [5, 5.41) is 8.38. The lowest BCUT2D eigenvalue weighted by Gasteiger charge is -2.15. The zero-order valence-electron chi connectivity index (χ0n) is 12.9. The number of likely N-dealkylation sites (N-methyl/N-ethyl adjacent to an activating group) is 1. The van der Waals surface area contributed by atoms with E-state index in [1.807, 2.05) is 20.9 Å². The van der Waals surface area contributed by atoms with Crippen molar-refractivity contribution in [2.75, 3.05) is 31.7 Å². The van der Waals surface area contributed by atoms with Gasteiger partial charge in [-0.25, -0.2) is 22.7 Å². The number of nitrogens with one attached hydrogen (secondary N) is 1. The number of aryl methyl sites for hydroxylation is 3. The van der Waals surface area contributed by atoms with Gasteiger partial charge in [-0.3, -0.25) is 4.68 Å². The molecule has 0 aliphatic rings. The van der Waals surface area contributed by atoms with E-state index in [0.29, 0.717) is 24.7 Å². The second-order valence-corrected chi connectivity index (χ2v) is 7.13. The monoisotopic (exact) mass is 312 g/mol. The van der Waals surface area contributed by atoms with Gasteiger partial charge in [-0.2, -0.15) is 5.10 Å². The van der Waals surface area contributed by atoms with E-state index < -0.39 is 10.0 Å². The van der Waals surface area contributed by atoms with Crippen LogP contribution in [-0.2, 0) is 17.1 Å². The molecule has 0 radical (unpaired) electrons. The maximum absolute atomic E-state index is 11.4. The van der Waals surface area contributed by atoms with Gasteiger partial charge in [0.25, 0.3) is 0 Å². The highest BCUT2D eigenvalue weighted by atomic mass is 32.2. The fraction of sp³-hybridized carbons (Fsp3) is 0.583. The molecule has 2 rings (SSSR count). The molecule has 2 aromatic heterocycles. The summed E-state index contributed by atoms with van der Waals surface area (Å²) in [6.45, 7) is 4.54.